The minimum absolute atomic E-state index is 0.0929. The number of carbonyl (C=O) groups excluding carboxylic acids is 2. The smallest absolute Gasteiger partial charge is 0.326 e. The fourth-order valence-corrected chi connectivity index (χ4v) is 3.84. The van der Waals surface area contributed by atoms with Crippen molar-refractivity contribution < 1.29 is 18.7 Å². The molecule has 0 saturated heterocycles. The van der Waals surface area contributed by atoms with Crippen LogP contribution in [0.5, 0.6) is 11.5 Å². The molecule has 7 heteroatoms. The Labute approximate surface area is 222 Å². The van der Waals surface area contributed by atoms with E-state index in [0.29, 0.717) is 42.3 Å². The summed E-state index contributed by atoms with van der Waals surface area (Å²) in [6.45, 7) is 2.73. The number of urea groups is 1. The molecule has 38 heavy (non-hydrogen) atoms. The molecule has 4 rings (SSSR count). The normalized spacial score (nSPS) is 10.5. The van der Waals surface area contributed by atoms with Crippen LogP contribution in [-0.2, 0) is 6.42 Å². The number of para-hydroxylation sites is 2. The first-order chi connectivity index (χ1) is 18.5. The van der Waals surface area contributed by atoms with E-state index in [1.54, 1.807) is 48.5 Å². The van der Waals surface area contributed by atoms with Gasteiger partial charge in [-0.2, -0.15) is 0 Å². The minimum Gasteiger partial charge on any atom is -0.457 e. The van der Waals surface area contributed by atoms with Gasteiger partial charge in [0.1, 0.15) is 17.3 Å². The molecule has 0 bridgehead atoms. The molecule has 6 nitrogen and oxygen atoms in total. The summed E-state index contributed by atoms with van der Waals surface area (Å²) in [4.78, 5) is 27.2. The number of carbonyl (C=O) groups is 2. The maximum Gasteiger partial charge on any atom is 0.326 e. The molecule has 0 unspecified atom stereocenters. The first kappa shape index (κ1) is 26.4. The van der Waals surface area contributed by atoms with Gasteiger partial charge in [-0.15, -0.1) is 0 Å². The quantitative estimate of drug-likeness (QED) is 0.224. The van der Waals surface area contributed by atoms with E-state index in [4.69, 9.17) is 4.74 Å². The molecule has 0 aliphatic carbocycles. The lowest BCUT2D eigenvalue weighted by molar-refractivity contribution is 0.0953. The van der Waals surface area contributed by atoms with Crippen LogP contribution in [0.15, 0.2) is 103 Å². The molecular formula is C31H30FN3O3. The largest absolute Gasteiger partial charge is 0.457 e. The third-order valence-electron chi connectivity index (χ3n) is 5.96. The third-order valence-corrected chi connectivity index (χ3v) is 5.96. The minimum atomic E-state index is -0.520. The second-order valence-corrected chi connectivity index (χ2v) is 8.63. The summed E-state index contributed by atoms with van der Waals surface area (Å²) in [6.07, 6.45) is 1.40. The average Bonchev–Trinajstić information content (AvgIpc) is 2.95. The summed E-state index contributed by atoms with van der Waals surface area (Å²) in [7, 11) is 0. The summed E-state index contributed by atoms with van der Waals surface area (Å²) in [5, 5.41) is 5.54. The summed E-state index contributed by atoms with van der Waals surface area (Å²) < 4.78 is 20.0. The molecule has 0 radical (unpaired) electrons. The Balaban J connectivity index is 1.42. The molecular weight excluding hydrogens is 481 g/mol. The highest BCUT2D eigenvalue weighted by molar-refractivity contribution is 6.01. The van der Waals surface area contributed by atoms with Gasteiger partial charge in [-0.25, -0.2) is 9.18 Å². The summed E-state index contributed by atoms with van der Waals surface area (Å²) in [6, 6.07) is 29.5. The number of benzene rings is 4. The van der Waals surface area contributed by atoms with Crippen LogP contribution in [0.4, 0.5) is 20.6 Å². The van der Waals surface area contributed by atoms with E-state index in [-0.39, 0.29) is 11.6 Å². The number of aryl methyl sites for hydroxylation is 1. The van der Waals surface area contributed by atoms with Gasteiger partial charge in [-0.3, -0.25) is 9.69 Å². The zero-order valence-corrected chi connectivity index (χ0v) is 21.2. The fourth-order valence-electron chi connectivity index (χ4n) is 3.84. The molecule has 2 N–H and O–H groups in total. The van der Waals surface area contributed by atoms with Gasteiger partial charge >= 0.3 is 6.03 Å². The van der Waals surface area contributed by atoms with Crippen LogP contribution in [0, 0.1) is 5.82 Å². The Bertz CT molecular complexity index is 1340. The first-order valence-electron chi connectivity index (χ1n) is 12.6. The maximum absolute atomic E-state index is 14.2. The van der Waals surface area contributed by atoms with Crippen molar-refractivity contribution in [2.75, 3.05) is 23.3 Å². The number of hydrogen-bond donors (Lipinski definition) is 2. The molecule has 4 aromatic carbocycles. The summed E-state index contributed by atoms with van der Waals surface area (Å²) in [5.74, 6) is 0.636. The van der Waals surface area contributed by atoms with E-state index in [2.05, 4.69) is 17.6 Å². The Morgan fingerprint density at radius 3 is 2.16 bits per heavy atom. The number of ether oxygens (including phenoxy) is 1. The van der Waals surface area contributed by atoms with Gasteiger partial charge in [-0.1, -0.05) is 49.4 Å². The van der Waals surface area contributed by atoms with Gasteiger partial charge in [0.25, 0.3) is 5.91 Å². The molecule has 0 saturated carbocycles. The number of hydrogen-bond acceptors (Lipinski definition) is 3. The van der Waals surface area contributed by atoms with Gasteiger partial charge in [0.15, 0.2) is 0 Å². The van der Waals surface area contributed by atoms with Crippen LogP contribution in [-0.4, -0.2) is 25.0 Å². The number of halogens is 1. The van der Waals surface area contributed by atoms with Crippen molar-refractivity contribution in [3.8, 4) is 11.5 Å². The van der Waals surface area contributed by atoms with Crippen LogP contribution < -0.4 is 20.3 Å². The van der Waals surface area contributed by atoms with E-state index in [1.165, 1.54) is 22.6 Å². The zero-order chi connectivity index (χ0) is 26.7. The first-order valence-corrected chi connectivity index (χ1v) is 12.6. The molecule has 194 valence electrons. The van der Waals surface area contributed by atoms with Crippen molar-refractivity contribution >= 4 is 23.3 Å². The predicted octanol–water partition coefficient (Wildman–Crippen LogP) is 7.04. The highest BCUT2D eigenvalue weighted by atomic mass is 19.1. The number of anilines is 2. The van der Waals surface area contributed by atoms with E-state index < -0.39 is 11.8 Å². The number of rotatable bonds is 10. The van der Waals surface area contributed by atoms with Crippen molar-refractivity contribution in [3.63, 3.8) is 0 Å². The second-order valence-electron chi connectivity index (χ2n) is 8.63. The van der Waals surface area contributed by atoms with Gasteiger partial charge in [0.2, 0.25) is 0 Å². The zero-order valence-electron chi connectivity index (χ0n) is 21.2. The van der Waals surface area contributed by atoms with Crippen LogP contribution in [0.1, 0.15) is 29.3 Å². The lowest BCUT2D eigenvalue weighted by Gasteiger charge is -2.24. The Kier molecular flexibility index (Phi) is 9.07. The van der Waals surface area contributed by atoms with E-state index in [9.17, 15) is 14.0 Å². The lowest BCUT2D eigenvalue weighted by atomic mass is 10.1. The average molecular weight is 512 g/mol. The summed E-state index contributed by atoms with van der Waals surface area (Å²) >= 11 is 0. The van der Waals surface area contributed by atoms with E-state index in [1.807, 2.05) is 42.5 Å². The lowest BCUT2D eigenvalue weighted by Crippen LogP contribution is -2.37. The predicted molar refractivity (Wildman–Crippen MR) is 148 cm³/mol. The molecule has 0 aliphatic heterocycles. The fraction of sp³-hybridized carbons (Fsp3) is 0.161. The Morgan fingerprint density at radius 1 is 0.816 bits per heavy atom. The number of nitrogens with zero attached hydrogens (tertiary/aromatic N) is 1. The molecule has 0 spiro atoms. The van der Waals surface area contributed by atoms with Gasteiger partial charge < -0.3 is 15.4 Å². The molecule has 4 aromatic rings. The van der Waals surface area contributed by atoms with Crippen molar-refractivity contribution in [2.24, 2.45) is 0 Å². The van der Waals surface area contributed by atoms with Crippen LogP contribution in [0.25, 0.3) is 0 Å². The molecule has 0 fully saturated rings. The van der Waals surface area contributed by atoms with Crippen molar-refractivity contribution in [1.82, 2.24) is 5.32 Å². The van der Waals surface area contributed by atoms with Gasteiger partial charge in [-0.05, 0) is 79.1 Å². The van der Waals surface area contributed by atoms with Gasteiger partial charge in [0, 0.05) is 24.3 Å². The van der Waals surface area contributed by atoms with Gasteiger partial charge in [0.05, 0.1) is 5.69 Å². The topological polar surface area (TPSA) is 70.7 Å². The monoisotopic (exact) mass is 511 g/mol. The highest BCUT2D eigenvalue weighted by Gasteiger charge is 2.18. The molecule has 0 heterocycles. The molecule has 0 aromatic heterocycles. The number of nitrogens with one attached hydrogen (secondary N) is 2. The van der Waals surface area contributed by atoms with Crippen LogP contribution >= 0.6 is 0 Å². The second kappa shape index (κ2) is 13.1. The summed E-state index contributed by atoms with van der Waals surface area (Å²) in [5.41, 5.74) is 2.46. The Hall–Kier alpha value is -4.65. The van der Waals surface area contributed by atoms with Crippen molar-refractivity contribution in [2.45, 2.75) is 19.8 Å². The van der Waals surface area contributed by atoms with E-state index >= 15 is 0 Å². The molecule has 3 amide bonds. The Morgan fingerprint density at radius 2 is 1.47 bits per heavy atom. The van der Waals surface area contributed by atoms with Crippen LogP contribution in [0.3, 0.4) is 0 Å². The SMILES string of the molecule is CCc1ccc(C(=O)NCCCN(C(=O)Nc2ccccc2F)c2ccc(Oc3ccccc3)cc2)cc1. The highest BCUT2D eigenvalue weighted by Crippen LogP contribution is 2.25. The van der Waals surface area contributed by atoms with E-state index in [0.717, 1.165) is 6.42 Å². The number of amides is 3. The van der Waals surface area contributed by atoms with Crippen molar-refractivity contribution in [1.29, 1.82) is 0 Å². The standard InChI is InChI=1S/C31H30FN3O3/c1-2-23-13-15-24(16-14-23)30(36)33-21-8-22-35(31(37)34-29-12-7-6-11-28(29)32)25-17-19-27(20-18-25)38-26-9-4-3-5-10-26/h3-7,9-20H,2,8,21-22H2,1H3,(H,33,36)(H,34,37). The third kappa shape index (κ3) is 7.20. The van der Waals surface area contributed by atoms with Crippen molar-refractivity contribution in [3.05, 3.63) is 120 Å². The maximum atomic E-state index is 14.2. The van der Waals surface area contributed by atoms with Crippen LogP contribution in [0.2, 0.25) is 0 Å². The molecule has 0 aliphatic rings. The molecule has 0 atom stereocenters.